The number of benzene rings is 2. The molecular weight excluding hydrogens is 265 g/mol. The molecule has 2 rings (SSSR count). The molecule has 0 aliphatic carbocycles. The standard InChI is InChI=1S/C18H18FNO/c1-20(14-17-8-10-18(19)11-9-17)13-16-6-4-15(5-7-16)3-2-12-21/h4-11,21H,12-14H2,1H3. The Balaban J connectivity index is 1.93. The molecule has 0 aliphatic heterocycles. The Bertz CT molecular complexity index is 623. The van der Waals surface area contributed by atoms with E-state index in [1.165, 1.54) is 17.7 Å². The largest absolute Gasteiger partial charge is 0.384 e. The van der Waals surface area contributed by atoms with Crippen LogP contribution in [0, 0.1) is 17.7 Å². The third-order valence-corrected chi connectivity index (χ3v) is 3.08. The van der Waals surface area contributed by atoms with E-state index >= 15 is 0 Å². The predicted molar refractivity (Wildman–Crippen MR) is 82.0 cm³/mol. The van der Waals surface area contributed by atoms with Crippen molar-refractivity contribution in [2.24, 2.45) is 0 Å². The molecule has 0 radical (unpaired) electrons. The molecule has 0 bridgehead atoms. The molecule has 2 aromatic rings. The van der Waals surface area contributed by atoms with Gasteiger partial charge in [-0.05, 0) is 42.4 Å². The molecule has 0 fully saturated rings. The van der Waals surface area contributed by atoms with Crippen LogP contribution in [0.2, 0.25) is 0 Å². The van der Waals surface area contributed by atoms with Crippen molar-refractivity contribution in [1.82, 2.24) is 4.90 Å². The first-order valence-electron chi connectivity index (χ1n) is 6.79. The molecule has 21 heavy (non-hydrogen) atoms. The quantitative estimate of drug-likeness (QED) is 0.872. The van der Waals surface area contributed by atoms with Crippen LogP contribution >= 0.6 is 0 Å². The molecule has 0 amide bonds. The summed E-state index contributed by atoms with van der Waals surface area (Å²) in [6.45, 7) is 1.46. The Hall–Kier alpha value is -2.15. The van der Waals surface area contributed by atoms with Crippen molar-refractivity contribution in [2.75, 3.05) is 13.7 Å². The van der Waals surface area contributed by atoms with Gasteiger partial charge in [0.15, 0.2) is 0 Å². The Morgan fingerprint density at radius 1 is 0.952 bits per heavy atom. The van der Waals surface area contributed by atoms with Crippen molar-refractivity contribution in [3.8, 4) is 11.8 Å². The van der Waals surface area contributed by atoms with E-state index in [1.54, 1.807) is 12.1 Å². The minimum absolute atomic E-state index is 0.123. The second kappa shape index (κ2) is 7.58. The van der Waals surface area contributed by atoms with Gasteiger partial charge in [-0.25, -0.2) is 4.39 Å². The average Bonchev–Trinajstić information content (AvgIpc) is 2.49. The fourth-order valence-electron chi connectivity index (χ4n) is 2.10. The number of rotatable bonds is 4. The fourth-order valence-corrected chi connectivity index (χ4v) is 2.10. The zero-order chi connectivity index (χ0) is 15.1. The zero-order valence-corrected chi connectivity index (χ0v) is 12.0. The van der Waals surface area contributed by atoms with Crippen LogP contribution in [0.3, 0.4) is 0 Å². The summed E-state index contributed by atoms with van der Waals surface area (Å²) >= 11 is 0. The summed E-state index contributed by atoms with van der Waals surface area (Å²) in [6.07, 6.45) is 0. The maximum Gasteiger partial charge on any atom is 0.123 e. The van der Waals surface area contributed by atoms with Gasteiger partial charge >= 0.3 is 0 Å². The molecule has 3 heteroatoms. The minimum atomic E-state index is -0.207. The van der Waals surface area contributed by atoms with E-state index < -0.39 is 0 Å². The van der Waals surface area contributed by atoms with E-state index in [0.29, 0.717) is 0 Å². The lowest BCUT2D eigenvalue weighted by Crippen LogP contribution is -2.17. The van der Waals surface area contributed by atoms with Gasteiger partial charge in [-0.3, -0.25) is 4.90 Å². The molecule has 0 unspecified atom stereocenters. The van der Waals surface area contributed by atoms with Crippen LogP contribution in [0.5, 0.6) is 0 Å². The summed E-state index contributed by atoms with van der Waals surface area (Å²) < 4.78 is 12.9. The van der Waals surface area contributed by atoms with Crippen molar-refractivity contribution in [2.45, 2.75) is 13.1 Å². The average molecular weight is 283 g/mol. The van der Waals surface area contributed by atoms with Crippen LogP contribution in [0.15, 0.2) is 48.5 Å². The Morgan fingerprint density at radius 3 is 2.00 bits per heavy atom. The highest BCUT2D eigenvalue weighted by Crippen LogP contribution is 2.10. The highest BCUT2D eigenvalue weighted by atomic mass is 19.1. The molecule has 0 spiro atoms. The normalized spacial score (nSPS) is 10.3. The molecule has 1 N–H and O–H groups in total. The number of hydrogen-bond donors (Lipinski definition) is 1. The molecule has 0 heterocycles. The lowest BCUT2D eigenvalue weighted by Gasteiger charge is -2.16. The van der Waals surface area contributed by atoms with Gasteiger partial charge in [0, 0.05) is 18.7 Å². The van der Waals surface area contributed by atoms with Gasteiger partial charge in [-0.15, -0.1) is 0 Å². The van der Waals surface area contributed by atoms with Crippen molar-refractivity contribution in [3.05, 3.63) is 71.0 Å². The van der Waals surface area contributed by atoms with Crippen LogP contribution in [0.25, 0.3) is 0 Å². The van der Waals surface area contributed by atoms with E-state index in [9.17, 15) is 4.39 Å². The Morgan fingerprint density at radius 2 is 1.48 bits per heavy atom. The van der Waals surface area contributed by atoms with E-state index in [2.05, 4.69) is 16.7 Å². The van der Waals surface area contributed by atoms with Crippen molar-refractivity contribution in [3.63, 3.8) is 0 Å². The summed E-state index contributed by atoms with van der Waals surface area (Å²) in [5.41, 5.74) is 3.17. The van der Waals surface area contributed by atoms with Crippen LogP contribution in [0.4, 0.5) is 4.39 Å². The van der Waals surface area contributed by atoms with Gasteiger partial charge in [0.05, 0.1) is 0 Å². The van der Waals surface area contributed by atoms with E-state index in [4.69, 9.17) is 5.11 Å². The van der Waals surface area contributed by atoms with Crippen molar-refractivity contribution < 1.29 is 9.50 Å². The summed E-state index contributed by atoms with van der Waals surface area (Å²) in [5, 5.41) is 8.65. The fraction of sp³-hybridized carbons (Fsp3) is 0.222. The summed E-state index contributed by atoms with van der Waals surface area (Å²) in [5.74, 6) is 5.29. The van der Waals surface area contributed by atoms with Gasteiger partial charge in [-0.2, -0.15) is 0 Å². The Kier molecular flexibility index (Phi) is 5.51. The molecule has 108 valence electrons. The number of aliphatic hydroxyl groups is 1. The molecule has 0 saturated heterocycles. The van der Waals surface area contributed by atoms with Gasteiger partial charge < -0.3 is 5.11 Å². The summed E-state index contributed by atoms with van der Waals surface area (Å²) in [6, 6.07) is 14.5. The summed E-state index contributed by atoms with van der Waals surface area (Å²) in [7, 11) is 2.03. The topological polar surface area (TPSA) is 23.5 Å². The van der Waals surface area contributed by atoms with Crippen LogP contribution in [-0.4, -0.2) is 23.7 Å². The first-order chi connectivity index (χ1) is 10.2. The summed E-state index contributed by atoms with van der Waals surface area (Å²) in [4.78, 5) is 2.17. The van der Waals surface area contributed by atoms with Crippen molar-refractivity contribution >= 4 is 0 Å². The van der Waals surface area contributed by atoms with Crippen LogP contribution < -0.4 is 0 Å². The number of aliphatic hydroxyl groups excluding tert-OH is 1. The van der Waals surface area contributed by atoms with Crippen molar-refractivity contribution in [1.29, 1.82) is 0 Å². The van der Waals surface area contributed by atoms with Gasteiger partial charge in [0.2, 0.25) is 0 Å². The van der Waals surface area contributed by atoms with Gasteiger partial charge in [-0.1, -0.05) is 36.1 Å². The highest BCUT2D eigenvalue weighted by Gasteiger charge is 2.02. The number of halogens is 1. The predicted octanol–water partition coefficient (Wildman–Crippen LogP) is 2.80. The number of hydrogen-bond acceptors (Lipinski definition) is 2. The first-order valence-corrected chi connectivity index (χ1v) is 6.79. The minimum Gasteiger partial charge on any atom is -0.384 e. The second-order valence-electron chi connectivity index (χ2n) is 4.96. The monoisotopic (exact) mass is 283 g/mol. The lowest BCUT2D eigenvalue weighted by molar-refractivity contribution is 0.319. The second-order valence-corrected chi connectivity index (χ2v) is 4.96. The Labute approximate surface area is 124 Å². The zero-order valence-electron chi connectivity index (χ0n) is 12.0. The first kappa shape index (κ1) is 15.2. The third-order valence-electron chi connectivity index (χ3n) is 3.08. The third kappa shape index (κ3) is 5.03. The maximum absolute atomic E-state index is 12.9. The molecule has 2 nitrogen and oxygen atoms in total. The van der Waals surface area contributed by atoms with Crippen LogP contribution in [0.1, 0.15) is 16.7 Å². The van der Waals surface area contributed by atoms with Gasteiger partial charge in [0.25, 0.3) is 0 Å². The molecule has 0 aromatic heterocycles. The van der Waals surface area contributed by atoms with E-state index in [-0.39, 0.29) is 12.4 Å². The maximum atomic E-state index is 12.9. The highest BCUT2D eigenvalue weighted by molar-refractivity contribution is 5.36. The molecule has 0 aliphatic rings. The number of nitrogens with zero attached hydrogens (tertiary/aromatic N) is 1. The SMILES string of the molecule is CN(Cc1ccc(F)cc1)Cc1ccc(C#CCO)cc1. The lowest BCUT2D eigenvalue weighted by atomic mass is 10.1. The molecule has 0 atom stereocenters. The van der Waals surface area contributed by atoms with E-state index in [0.717, 1.165) is 24.2 Å². The van der Waals surface area contributed by atoms with E-state index in [1.807, 2.05) is 31.3 Å². The van der Waals surface area contributed by atoms with Gasteiger partial charge in [0.1, 0.15) is 12.4 Å². The molecule has 2 aromatic carbocycles. The smallest absolute Gasteiger partial charge is 0.123 e. The molecule has 0 saturated carbocycles. The van der Waals surface area contributed by atoms with Crippen LogP contribution in [-0.2, 0) is 13.1 Å². The molecular formula is C18H18FNO.